The van der Waals surface area contributed by atoms with Gasteiger partial charge in [0.2, 0.25) is 0 Å². The van der Waals surface area contributed by atoms with E-state index in [4.69, 9.17) is 15.2 Å². The van der Waals surface area contributed by atoms with Crippen LogP contribution in [-0.4, -0.2) is 31.8 Å². The van der Waals surface area contributed by atoms with Crippen molar-refractivity contribution in [1.29, 1.82) is 0 Å². The molecule has 4 N–H and O–H groups in total. The van der Waals surface area contributed by atoms with E-state index in [-0.39, 0.29) is 5.75 Å². The summed E-state index contributed by atoms with van der Waals surface area (Å²) < 4.78 is 10.5. The third kappa shape index (κ3) is 5.08. The van der Waals surface area contributed by atoms with Gasteiger partial charge in [0, 0.05) is 12.6 Å². The number of nitrogens with one attached hydrogen (secondary N) is 1. The molecule has 2 aromatic carbocycles. The Hall–Kier alpha value is -2.89. The third-order valence-corrected chi connectivity index (χ3v) is 3.51. The summed E-state index contributed by atoms with van der Waals surface area (Å²) in [5.41, 5.74) is 7.79. The van der Waals surface area contributed by atoms with Gasteiger partial charge in [-0.1, -0.05) is 12.1 Å². The molecular formula is C18H23N3O3. The molecule has 0 aliphatic heterocycles. The second-order valence-electron chi connectivity index (χ2n) is 5.23. The number of aryl methyl sites for hydroxylation is 1. The molecule has 24 heavy (non-hydrogen) atoms. The number of benzene rings is 2. The Labute approximate surface area is 141 Å². The number of nitrogens with zero attached hydrogens (tertiary/aromatic N) is 1. The van der Waals surface area contributed by atoms with E-state index in [2.05, 4.69) is 10.3 Å². The topological polar surface area (TPSA) is 89.1 Å². The summed E-state index contributed by atoms with van der Waals surface area (Å²) in [5, 5.41) is 12.3. The van der Waals surface area contributed by atoms with Gasteiger partial charge >= 0.3 is 0 Å². The highest BCUT2D eigenvalue weighted by molar-refractivity contribution is 5.94. The first-order chi connectivity index (χ1) is 11.6. The zero-order valence-corrected chi connectivity index (χ0v) is 14.0. The van der Waals surface area contributed by atoms with E-state index in [1.165, 1.54) is 0 Å². The number of aromatic hydroxyl groups is 1. The predicted molar refractivity (Wildman–Crippen MR) is 96.1 cm³/mol. The smallest absolute Gasteiger partial charge is 0.193 e. The molecule has 128 valence electrons. The van der Waals surface area contributed by atoms with Crippen LogP contribution in [0.1, 0.15) is 12.0 Å². The lowest BCUT2D eigenvalue weighted by Crippen LogP contribution is -2.23. The average Bonchev–Trinajstić information content (AvgIpc) is 2.60. The minimum absolute atomic E-state index is 0.275. The van der Waals surface area contributed by atoms with Crippen LogP contribution in [0.4, 0.5) is 5.69 Å². The van der Waals surface area contributed by atoms with Crippen LogP contribution in [0.15, 0.2) is 47.5 Å². The molecule has 0 atom stereocenters. The Morgan fingerprint density at radius 3 is 2.54 bits per heavy atom. The molecule has 0 saturated heterocycles. The number of aliphatic imine (C=N–C) groups is 1. The molecule has 0 aromatic heterocycles. The monoisotopic (exact) mass is 329 g/mol. The summed E-state index contributed by atoms with van der Waals surface area (Å²) in [6, 6.07) is 12.6. The van der Waals surface area contributed by atoms with Crippen molar-refractivity contribution in [1.82, 2.24) is 0 Å². The van der Waals surface area contributed by atoms with Gasteiger partial charge in [0.15, 0.2) is 5.96 Å². The molecule has 6 heteroatoms. The Morgan fingerprint density at radius 2 is 1.88 bits per heavy atom. The fourth-order valence-electron chi connectivity index (χ4n) is 2.23. The minimum atomic E-state index is 0.275. The van der Waals surface area contributed by atoms with E-state index in [0.717, 1.165) is 18.4 Å². The number of ether oxygens (including phenoxy) is 2. The molecule has 2 rings (SSSR count). The highest BCUT2D eigenvalue weighted by Crippen LogP contribution is 2.28. The molecule has 0 radical (unpaired) electrons. The van der Waals surface area contributed by atoms with E-state index in [1.807, 2.05) is 18.2 Å². The van der Waals surface area contributed by atoms with Crippen molar-refractivity contribution in [3.8, 4) is 17.2 Å². The molecular weight excluding hydrogens is 306 g/mol. The lowest BCUT2D eigenvalue weighted by Gasteiger charge is -2.12. The summed E-state index contributed by atoms with van der Waals surface area (Å²) >= 11 is 0. The maximum Gasteiger partial charge on any atom is 0.193 e. The van der Waals surface area contributed by atoms with Crippen molar-refractivity contribution < 1.29 is 14.6 Å². The Morgan fingerprint density at radius 1 is 1.12 bits per heavy atom. The van der Waals surface area contributed by atoms with E-state index < -0.39 is 0 Å². The number of phenolic OH excluding ortho intramolecular Hbond substituents is 1. The van der Waals surface area contributed by atoms with Crippen molar-refractivity contribution in [3.05, 3.63) is 48.0 Å². The lowest BCUT2D eigenvalue weighted by atomic mass is 10.1. The zero-order chi connectivity index (χ0) is 17.4. The lowest BCUT2D eigenvalue weighted by molar-refractivity contribution is 0.405. The van der Waals surface area contributed by atoms with Gasteiger partial charge in [-0.15, -0.1) is 0 Å². The van der Waals surface area contributed by atoms with Crippen LogP contribution in [0.3, 0.4) is 0 Å². The van der Waals surface area contributed by atoms with Crippen LogP contribution >= 0.6 is 0 Å². The Kier molecular flexibility index (Phi) is 6.31. The van der Waals surface area contributed by atoms with Gasteiger partial charge in [0.25, 0.3) is 0 Å². The molecule has 0 fully saturated rings. The van der Waals surface area contributed by atoms with Crippen molar-refractivity contribution in [3.63, 3.8) is 0 Å². The van der Waals surface area contributed by atoms with Gasteiger partial charge < -0.3 is 25.6 Å². The number of guanidine groups is 1. The van der Waals surface area contributed by atoms with Crippen molar-refractivity contribution in [2.75, 3.05) is 26.1 Å². The van der Waals surface area contributed by atoms with Gasteiger partial charge in [-0.05, 0) is 42.7 Å². The fraction of sp³-hybridized carbons (Fsp3) is 0.278. The third-order valence-electron chi connectivity index (χ3n) is 3.51. The van der Waals surface area contributed by atoms with Crippen molar-refractivity contribution in [2.24, 2.45) is 10.7 Å². The van der Waals surface area contributed by atoms with Crippen LogP contribution in [0.2, 0.25) is 0 Å². The van der Waals surface area contributed by atoms with Crippen LogP contribution < -0.4 is 20.5 Å². The van der Waals surface area contributed by atoms with Crippen LogP contribution in [-0.2, 0) is 6.42 Å². The summed E-state index contributed by atoms with van der Waals surface area (Å²) in [6.45, 7) is 0.603. The summed E-state index contributed by atoms with van der Waals surface area (Å²) in [6.07, 6.45) is 1.74. The SMILES string of the molecule is COc1ccc(OC)c(NC(N)=NCCCc2ccc(O)cc2)c1. The number of hydrogen-bond acceptors (Lipinski definition) is 4. The molecule has 0 bridgehead atoms. The van der Waals surface area contributed by atoms with Gasteiger partial charge in [-0.2, -0.15) is 0 Å². The van der Waals surface area contributed by atoms with Gasteiger partial charge in [0.05, 0.1) is 19.9 Å². The van der Waals surface area contributed by atoms with E-state index in [9.17, 15) is 5.11 Å². The second kappa shape index (κ2) is 8.67. The average molecular weight is 329 g/mol. The number of rotatable bonds is 7. The van der Waals surface area contributed by atoms with E-state index >= 15 is 0 Å². The molecule has 0 amide bonds. The van der Waals surface area contributed by atoms with Crippen LogP contribution in [0.5, 0.6) is 17.2 Å². The molecule has 0 unspecified atom stereocenters. The first-order valence-corrected chi connectivity index (χ1v) is 7.69. The van der Waals surface area contributed by atoms with Crippen LogP contribution in [0.25, 0.3) is 0 Å². The van der Waals surface area contributed by atoms with Crippen molar-refractivity contribution in [2.45, 2.75) is 12.8 Å². The van der Waals surface area contributed by atoms with Gasteiger partial charge in [-0.3, -0.25) is 4.99 Å². The molecule has 0 aliphatic carbocycles. The molecule has 0 heterocycles. The number of anilines is 1. The minimum Gasteiger partial charge on any atom is -0.508 e. The summed E-state index contributed by atoms with van der Waals surface area (Å²) in [4.78, 5) is 4.32. The number of hydrogen-bond donors (Lipinski definition) is 3. The number of nitrogens with two attached hydrogens (primary N) is 1. The molecule has 0 spiro atoms. The molecule has 2 aromatic rings. The number of methoxy groups -OCH3 is 2. The summed E-state index contributed by atoms with van der Waals surface area (Å²) in [7, 11) is 3.20. The normalized spacial score (nSPS) is 11.2. The van der Waals surface area contributed by atoms with Gasteiger partial charge in [-0.25, -0.2) is 0 Å². The molecule has 0 saturated carbocycles. The largest absolute Gasteiger partial charge is 0.508 e. The fourth-order valence-corrected chi connectivity index (χ4v) is 2.23. The predicted octanol–water partition coefficient (Wildman–Crippen LogP) is 2.77. The van der Waals surface area contributed by atoms with Gasteiger partial charge in [0.1, 0.15) is 17.2 Å². The van der Waals surface area contributed by atoms with E-state index in [0.29, 0.717) is 29.7 Å². The standard InChI is InChI=1S/C18H23N3O3/c1-23-15-9-10-17(24-2)16(12-15)21-18(19)20-11-3-4-13-5-7-14(22)8-6-13/h5-10,12,22H,3-4,11H2,1-2H3,(H3,19,20,21). The quantitative estimate of drug-likeness (QED) is 0.413. The molecule has 6 nitrogen and oxygen atoms in total. The summed E-state index contributed by atoms with van der Waals surface area (Å²) in [5.74, 6) is 1.97. The van der Waals surface area contributed by atoms with Crippen molar-refractivity contribution >= 4 is 11.6 Å². The maximum absolute atomic E-state index is 9.26. The second-order valence-corrected chi connectivity index (χ2v) is 5.23. The Balaban J connectivity index is 1.88. The molecule has 0 aliphatic rings. The highest BCUT2D eigenvalue weighted by Gasteiger charge is 2.06. The Bertz CT molecular complexity index is 684. The zero-order valence-electron chi connectivity index (χ0n) is 14.0. The maximum atomic E-state index is 9.26. The van der Waals surface area contributed by atoms with Crippen LogP contribution in [0, 0.1) is 0 Å². The number of phenols is 1. The van der Waals surface area contributed by atoms with E-state index in [1.54, 1.807) is 38.5 Å². The first kappa shape index (κ1) is 17.5. The first-order valence-electron chi connectivity index (χ1n) is 7.69. The highest BCUT2D eigenvalue weighted by atomic mass is 16.5.